The normalized spacial score (nSPS) is 12.0. The van der Waals surface area contributed by atoms with Crippen molar-refractivity contribution in [3.05, 3.63) is 346 Å². The van der Waals surface area contributed by atoms with Crippen LogP contribution < -0.4 is 0 Å². The van der Waals surface area contributed by atoms with Gasteiger partial charge in [-0.2, -0.15) is 0 Å². The monoisotopic (exact) mass is 1210 g/mol. The van der Waals surface area contributed by atoms with Gasteiger partial charge in [-0.25, -0.2) is 0 Å². The van der Waals surface area contributed by atoms with Crippen LogP contribution in [0.3, 0.4) is 0 Å². The molecule has 20 rings (SSSR count). The van der Waals surface area contributed by atoms with Gasteiger partial charge in [-0.3, -0.25) is 0 Å². The van der Waals surface area contributed by atoms with Crippen LogP contribution in [-0.2, 0) is 0 Å². The van der Waals surface area contributed by atoms with Crippen molar-refractivity contribution in [2.24, 2.45) is 0 Å². The minimum atomic E-state index is 1.13. The van der Waals surface area contributed by atoms with E-state index >= 15 is 0 Å². The van der Waals surface area contributed by atoms with Gasteiger partial charge in [0.25, 0.3) is 0 Å². The van der Waals surface area contributed by atoms with E-state index in [0.29, 0.717) is 0 Å². The van der Waals surface area contributed by atoms with Crippen molar-refractivity contribution in [2.45, 2.75) is 0 Å². The number of para-hydroxylation sites is 7. The van der Waals surface area contributed by atoms with E-state index in [1.54, 1.807) is 0 Å². The Bertz CT molecular complexity index is 6480. The smallest absolute Gasteiger partial charge is 0.0547 e. The van der Waals surface area contributed by atoms with E-state index in [2.05, 4.69) is 369 Å². The van der Waals surface area contributed by atoms with E-state index in [1.165, 1.54) is 137 Å². The fourth-order valence-corrected chi connectivity index (χ4v) is 15.7. The first-order chi connectivity index (χ1) is 47.1. The van der Waals surface area contributed by atoms with Crippen LogP contribution in [0.4, 0.5) is 0 Å². The maximum absolute atomic E-state index is 2.45. The molecule has 15 aromatic carbocycles. The number of hydrogen-bond donors (Lipinski definition) is 0. The second kappa shape index (κ2) is 20.9. The average molecular weight is 1210 g/mol. The Morgan fingerprint density at radius 3 is 0.558 bits per heavy atom. The summed E-state index contributed by atoms with van der Waals surface area (Å²) in [4.78, 5) is 0. The zero-order valence-corrected chi connectivity index (χ0v) is 51.6. The summed E-state index contributed by atoms with van der Waals surface area (Å²) in [6, 6.07) is 128. The van der Waals surface area contributed by atoms with Crippen molar-refractivity contribution in [3.8, 4) is 72.9 Å². The molecule has 0 N–H and O–H groups in total. The second-order valence-corrected chi connectivity index (χ2v) is 25.2. The van der Waals surface area contributed by atoms with Crippen molar-refractivity contribution in [1.29, 1.82) is 0 Å². The zero-order chi connectivity index (χ0) is 62.2. The van der Waals surface area contributed by atoms with Crippen LogP contribution in [-0.4, -0.2) is 22.8 Å². The Kier molecular flexibility index (Phi) is 11.7. The number of nitrogens with zero attached hydrogens (tertiary/aromatic N) is 5. The molecule has 20 aromatic rings. The molecule has 0 aliphatic heterocycles. The van der Waals surface area contributed by atoms with E-state index in [0.717, 1.165) is 45.1 Å². The summed E-state index contributed by atoms with van der Waals surface area (Å²) in [6.07, 6.45) is 0. The molecule has 5 heteroatoms. The molecule has 0 fully saturated rings. The molecule has 0 amide bonds. The molecule has 0 bridgehead atoms. The van der Waals surface area contributed by atoms with Gasteiger partial charge in [-0.1, -0.05) is 188 Å². The van der Waals surface area contributed by atoms with E-state index in [4.69, 9.17) is 0 Å². The van der Waals surface area contributed by atoms with Crippen LogP contribution in [0, 0.1) is 0 Å². The van der Waals surface area contributed by atoms with Crippen LogP contribution in [0.2, 0.25) is 0 Å². The lowest BCUT2D eigenvalue weighted by atomic mass is 9.98. The average Bonchev–Trinajstić information content (AvgIpc) is 1.61. The number of benzene rings is 15. The Morgan fingerprint density at radius 1 is 0.116 bits per heavy atom. The first-order valence-corrected chi connectivity index (χ1v) is 32.7. The maximum atomic E-state index is 2.45. The van der Waals surface area contributed by atoms with E-state index in [9.17, 15) is 0 Å². The van der Waals surface area contributed by atoms with Gasteiger partial charge < -0.3 is 22.8 Å². The summed E-state index contributed by atoms with van der Waals surface area (Å²) in [5.74, 6) is 0. The molecule has 0 saturated carbocycles. The van der Waals surface area contributed by atoms with E-state index in [-0.39, 0.29) is 0 Å². The Labute approximate surface area is 547 Å². The van der Waals surface area contributed by atoms with Crippen LogP contribution in [0.1, 0.15) is 0 Å². The topological polar surface area (TPSA) is 24.6 Å². The Hall–Kier alpha value is -12.7. The van der Waals surface area contributed by atoms with Gasteiger partial charge in [-0.15, -0.1) is 0 Å². The summed E-state index contributed by atoms with van der Waals surface area (Å²) in [5.41, 5.74) is 27.0. The largest absolute Gasteiger partial charge is 0.309 e. The Morgan fingerprint density at radius 2 is 0.295 bits per heavy atom. The highest BCUT2D eigenvalue weighted by Crippen LogP contribution is 2.44. The molecular weight excluding hydrogens is 1150 g/mol. The van der Waals surface area contributed by atoms with E-state index in [1.807, 2.05) is 0 Å². The summed E-state index contributed by atoms with van der Waals surface area (Å²) < 4.78 is 12.1. The van der Waals surface area contributed by atoms with Crippen LogP contribution in [0.25, 0.3) is 182 Å². The third-order valence-corrected chi connectivity index (χ3v) is 20.0. The van der Waals surface area contributed by atoms with Gasteiger partial charge in [0.15, 0.2) is 0 Å². The van der Waals surface area contributed by atoms with Crippen LogP contribution >= 0.6 is 0 Å². The summed E-state index contributed by atoms with van der Waals surface area (Å²) in [6.45, 7) is 0. The van der Waals surface area contributed by atoms with Gasteiger partial charge in [0, 0.05) is 82.3 Å². The summed E-state index contributed by atoms with van der Waals surface area (Å²) >= 11 is 0. The first-order valence-electron chi connectivity index (χ1n) is 32.7. The quantitative estimate of drug-likeness (QED) is 0.138. The number of rotatable bonds is 9. The summed E-state index contributed by atoms with van der Waals surface area (Å²) in [5, 5.41) is 12.3. The highest BCUT2D eigenvalue weighted by Gasteiger charge is 2.22. The van der Waals surface area contributed by atoms with Gasteiger partial charge in [0.2, 0.25) is 0 Å². The van der Waals surface area contributed by atoms with E-state index < -0.39 is 0 Å². The van der Waals surface area contributed by atoms with Crippen LogP contribution in [0.5, 0.6) is 0 Å². The van der Waals surface area contributed by atoms with Crippen LogP contribution in [0.15, 0.2) is 346 Å². The molecule has 0 radical (unpaired) electrons. The minimum absolute atomic E-state index is 1.13. The lowest BCUT2D eigenvalue weighted by molar-refractivity contribution is 1.18. The molecule has 0 aliphatic rings. The summed E-state index contributed by atoms with van der Waals surface area (Å²) in [7, 11) is 0. The predicted octanol–water partition coefficient (Wildman–Crippen LogP) is 23.8. The van der Waals surface area contributed by atoms with Gasteiger partial charge in [0.1, 0.15) is 0 Å². The van der Waals surface area contributed by atoms with Crippen molar-refractivity contribution in [2.75, 3.05) is 0 Å². The SMILES string of the molecule is c1ccc(-n2c3ccccc3c3cc(-c4ccc5c(c4)c4cc(-c6ccc7c(c6)c6ccc(-c8ccc9c%10cc(-c%11ccc%12c(c%11)c%11ccccc%11n%12-c%11ccccc%11)ccc%10n(-c%10ccccc%10)c9c8)cc6n7-c6ccccc6)ccc4n5-c4ccccc4)ccc32)cc1. The van der Waals surface area contributed by atoms with Crippen molar-refractivity contribution < 1.29 is 0 Å². The van der Waals surface area contributed by atoms with Crippen molar-refractivity contribution in [3.63, 3.8) is 0 Å². The molecule has 0 spiro atoms. The van der Waals surface area contributed by atoms with Gasteiger partial charge in [0.05, 0.1) is 55.2 Å². The number of aromatic nitrogens is 5. The fraction of sp³-hybridized carbons (Fsp3) is 0. The van der Waals surface area contributed by atoms with Crippen molar-refractivity contribution in [1.82, 2.24) is 22.8 Å². The molecule has 442 valence electrons. The molecule has 0 saturated heterocycles. The number of fused-ring (bicyclic) bond motifs is 15. The van der Waals surface area contributed by atoms with Gasteiger partial charge >= 0.3 is 0 Å². The van der Waals surface area contributed by atoms with Crippen molar-refractivity contribution >= 4 is 109 Å². The number of hydrogen-bond acceptors (Lipinski definition) is 0. The molecule has 5 heterocycles. The molecular formula is C90H57N5. The zero-order valence-electron chi connectivity index (χ0n) is 51.6. The molecule has 0 atom stereocenters. The lowest BCUT2D eigenvalue weighted by Gasteiger charge is -2.11. The molecule has 0 unspecified atom stereocenters. The molecule has 95 heavy (non-hydrogen) atoms. The standard InChI is InChI=1S/C90H57N5/c1-6-20-66(21-7-1)91-81-32-18-16-30-71(81)75-50-58(36-44-83(75)91)60-38-46-85-77(52-60)73-42-34-64(56-89(73)94(85)69-26-12-4-13-27-69)65-35-43-74-78-53-61(39-47-86(78)95(90(74)57-65)70-28-14-5-15-29-70)63-41-49-88-80(55-63)79-54-62(40-48-87(79)93(88)68-24-10-3-11-25-68)59-37-45-84-76(51-59)72-31-17-19-33-82(72)92(84)67-22-8-2-9-23-67/h1-57H. The lowest BCUT2D eigenvalue weighted by Crippen LogP contribution is -1.94. The third-order valence-electron chi connectivity index (χ3n) is 20.0. The highest BCUT2D eigenvalue weighted by atomic mass is 15.0. The molecule has 5 nitrogen and oxygen atoms in total. The predicted molar refractivity (Wildman–Crippen MR) is 400 cm³/mol. The highest BCUT2D eigenvalue weighted by molar-refractivity contribution is 6.17. The third kappa shape index (κ3) is 8.23. The fourth-order valence-electron chi connectivity index (χ4n) is 15.7. The van der Waals surface area contributed by atoms with Gasteiger partial charge in [-0.05, 0) is 202 Å². The first kappa shape index (κ1) is 53.0. The second-order valence-electron chi connectivity index (χ2n) is 25.2. The Balaban J connectivity index is 0.709. The molecule has 5 aromatic heterocycles. The maximum Gasteiger partial charge on any atom is 0.0547 e. The minimum Gasteiger partial charge on any atom is -0.309 e. The molecule has 0 aliphatic carbocycles.